The van der Waals surface area contributed by atoms with Gasteiger partial charge in [-0.05, 0) is 90.8 Å². The Bertz CT molecular complexity index is 2290. The van der Waals surface area contributed by atoms with Crippen LogP contribution in [0, 0.1) is 0 Å². The number of nitrogens with one attached hydrogen (secondary N) is 2. The number of rotatable bonds is 10. The molecule has 0 unspecified atom stereocenters. The fraction of sp³-hybridized carbons (Fsp3) is 0.0789. The minimum Gasteiger partial charge on any atom is -0.325 e. The highest BCUT2D eigenvalue weighted by Gasteiger charge is 2.38. The van der Waals surface area contributed by atoms with Gasteiger partial charge in [-0.3, -0.25) is 28.7 Å². The van der Waals surface area contributed by atoms with Gasteiger partial charge in [-0.15, -0.1) is 10.2 Å². The summed E-state index contributed by atoms with van der Waals surface area (Å²) in [6.45, 7) is 2.10. The van der Waals surface area contributed by atoms with Crippen molar-refractivity contribution < 1.29 is 19.2 Å². The molecule has 51 heavy (non-hydrogen) atoms. The molecule has 7 rings (SSSR count). The van der Waals surface area contributed by atoms with Gasteiger partial charge in [0.05, 0.1) is 28.3 Å². The third-order valence-corrected chi connectivity index (χ3v) is 9.60. The maximum absolute atomic E-state index is 13.3. The lowest BCUT2D eigenvalue weighted by molar-refractivity contribution is -0.113. The number of carbonyl (C=O) groups excluding carboxylic acids is 4. The molecule has 2 aromatic heterocycles. The lowest BCUT2D eigenvalue weighted by atomic mass is 10.1. The Hall–Kier alpha value is -5.92. The third kappa shape index (κ3) is 6.94. The summed E-state index contributed by atoms with van der Waals surface area (Å²) in [5, 5.41) is 15.1. The number of amides is 4. The van der Waals surface area contributed by atoms with Crippen LogP contribution in [0.1, 0.15) is 43.6 Å². The summed E-state index contributed by atoms with van der Waals surface area (Å²) in [6, 6.07) is 29.8. The number of hydrogen-bond acceptors (Lipinski definition) is 8. The van der Waals surface area contributed by atoms with Crippen molar-refractivity contribution in [2.45, 2.75) is 18.5 Å². The number of pyridine rings is 1. The first kappa shape index (κ1) is 33.6. The molecule has 0 saturated carbocycles. The van der Waals surface area contributed by atoms with E-state index in [0.29, 0.717) is 38.0 Å². The highest BCUT2D eigenvalue weighted by atomic mass is 79.9. The molecule has 6 aromatic rings. The second-order valence-corrected chi connectivity index (χ2v) is 13.3. The number of hydrogen-bond donors (Lipinski definition) is 2. The Labute approximate surface area is 305 Å². The first-order valence-corrected chi connectivity index (χ1v) is 17.6. The van der Waals surface area contributed by atoms with Gasteiger partial charge >= 0.3 is 0 Å². The van der Waals surface area contributed by atoms with Crippen LogP contribution in [0.3, 0.4) is 0 Å². The number of anilines is 3. The van der Waals surface area contributed by atoms with Crippen molar-refractivity contribution in [3.8, 4) is 17.1 Å². The van der Waals surface area contributed by atoms with Crippen LogP contribution in [0.2, 0.25) is 0 Å². The third-order valence-electron chi connectivity index (χ3n) is 8.18. The monoisotopic (exact) mass is 757 g/mol. The molecule has 4 amide bonds. The van der Waals surface area contributed by atoms with Crippen LogP contribution < -0.4 is 15.5 Å². The quantitative estimate of drug-likeness (QED) is 0.109. The summed E-state index contributed by atoms with van der Waals surface area (Å²) in [7, 11) is 0. The molecule has 4 aromatic carbocycles. The van der Waals surface area contributed by atoms with Crippen molar-refractivity contribution in [1.82, 2.24) is 19.7 Å². The lowest BCUT2D eigenvalue weighted by Crippen LogP contribution is -2.30. The summed E-state index contributed by atoms with van der Waals surface area (Å²) >= 11 is 4.60. The van der Waals surface area contributed by atoms with Gasteiger partial charge in [0.2, 0.25) is 5.91 Å². The van der Waals surface area contributed by atoms with Gasteiger partial charge in [-0.1, -0.05) is 58.9 Å². The molecule has 2 N–H and O–H groups in total. The van der Waals surface area contributed by atoms with E-state index in [4.69, 9.17) is 0 Å². The van der Waals surface area contributed by atoms with Crippen molar-refractivity contribution >= 4 is 68.4 Å². The number of halogens is 1. The predicted octanol–water partition coefficient (Wildman–Crippen LogP) is 7.44. The number of aromatic nitrogens is 4. The van der Waals surface area contributed by atoms with E-state index in [1.165, 1.54) is 17.3 Å². The highest BCUT2D eigenvalue weighted by Crippen LogP contribution is 2.35. The molecule has 0 bridgehead atoms. The van der Waals surface area contributed by atoms with Crippen molar-refractivity contribution in [3.05, 3.63) is 142 Å². The number of carbonyl (C=O) groups is 4. The number of para-hydroxylation sites is 2. The van der Waals surface area contributed by atoms with Crippen molar-refractivity contribution in [1.29, 1.82) is 0 Å². The van der Waals surface area contributed by atoms with Gasteiger partial charge in [0.25, 0.3) is 17.7 Å². The molecule has 252 valence electrons. The molecule has 1 aliphatic rings. The Balaban J connectivity index is 1.01. The molecule has 0 radical (unpaired) electrons. The molecule has 11 nitrogen and oxygen atoms in total. The van der Waals surface area contributed by atoms with E-state index in [0.717, 1.165) is 22.6 Å². The molecular weight excluding hydrogens is 730 g/mol. The van der Waals surface area contributed by atoms with Gasteiger partial charge in [0.15, 0.2) is 11.0 Å². The first-order valence-electron chi connectivity index (χ1n) is 15.9. The second kappa shape index (κ2) is 14.5. The topological polar surface area (TPSA) is 139 Å². The van der Waals surface area contributed by atoms with E-state index in [-0.39, 0.29) is 22.9 Å². The maximum atomic E-state index is 13.3. The van der Waals surface area contributed by atoms with Gasteiger partial charge in [-0.25, -0.2) is 4.90 Å². The maximum Gasteiger partial charge on any atom is 0.266 e. The minimum absolute atomic E-state index is 0.0648. The molecule has 13 heteroatoms. The second-order valence-electron chi connectivity index (χ2n) is 11.4. The zero-order valence-electron chi connectivity index (χ0n) is 27.0. The Kier molecular flexibility index (Phi) is 9.55. The average Bonchev–Trinajstić information content (AvgIpc) is 3.69. The molecule has 0 atom stereocenters. The predicted molar refractivity (Wildman–Crippen MR) is 199 cm³/mol. The van der Waals surface area contributed by atoms with Crippen LogP contribution in [-0.2, 0) is 11.2 Å². The Morgan fingerprint density at radius 1 is 0.804 bits per heavy atom. The molecular formula is C38H28BrN7O4S. The van der Waals surface area contributed by atoms with Crippen LogP contribution >= 0.6 is 27.7 Å². The number of nitrogens with zero attached hydrogens (tertiary/aromatic N) is 5. The van der Waals surface area contributed by atoms with Crippen LogP contribution in [0.5, 0.6) is 0 Å². The van der Waals surface area contributed by atoms with Crippen LogP contribution in [0.15, 0.2) is 125 Å². The number of benzene rings is 4. The Morgan fingerprint density at radius 3 is 2.27 bits per heavy atom. The normalized spacial score (nSPS) is 12.2. The minimum atomic E-state index is -0.476. The number of aryl methyl sites for hydroxylation is 1. The van der Waals surface area contributed by atoms with E-state index in [9.17, 15) is 19.2 Å². The average molecular weight is 759 g/mol. The number of imide groups is 1. The van der Waals surface area contributed by atoms with E-state index < -0.39 is 17.7 Å². The van der Waals surface area contributed by atoms with E-state index in [1.807, 2.05) is 28.8 Å². The zero-order chi connectivity index (χ0) is 35.5. The summed E-state index contributed by atoms with van der Waals surface area (Å²) in [5.74, 6) is -0.959. The van der Waals surface area contributed by atoms with E-state index >= 15 is 0 Å². The molecule has 0 fully saturated rings. The molecule has 1 aliphatic heterocycles. The van der Waals surface area contributed by atoms with Gasteiger partial charge in [0, 0.05) is 39.4 Å². The van der Waals surface area contributed by atoms with Gasteiger partial charge in [-0.2, -0.15) is 0 Å². The van der Waals surface area contributed by atoms with E-state index in [1.54, 1.807) is 79.1 Å². The largest absolute Gasteiger partial charge is 0.325 e. The van der Waals surface area contributed by atoms with Gasteiger partial charge in [0.1, 0.15) is 0 Å². The van der Waals surface area contributed by atoms with Crippen molar-refractivity contribution in [3.63, 3.8) is 0 Å². The van der Waals surface area contributed by atoms with Gasteiger partial charge < -0.3 is 10.6 Å². The van der Waals surface area contributed by atoms with Crippen molar-refractivity contribution in [2.24, 2.45) is 0 Å². The summed E-state index contributed by atoms with van der Waals surface area (Å²) in [4.78, 5) is 57.9. The molecule has 0 saturated heterocycles. The van der Waals surface area contributed by atoms with E-state index in [2.05, 4.69) is 60.8 Å². The smallest absolute Gasteiger partial charge is 0.266 e. The Morgan fingerprint density at radius 2 is 1.53 bits per heavy atom. The lowest BCUT2D eigenvalue weighted by Gasteiger charge is -2.18. The summed E-state index contributed by atoms with van der Waals surface area (Å²) < 4.78 is 2.60. The molecule has 0 aliphatic carbocycles. The highest BCUT2D eigenvalue weighted by molar-refractivity contribution is 9.10. The fourth-order valence-electron chi connectivity index (χ4n) is 5.60. The molecule has 0 spiro atoms. The molecule has 3 heterocycles. The summed E-state index contributed by atoms with van der Waals surface area (Å²) in [6.07, 6.45) is 4.30. The van der Waals surface area contributed by atoms with Crippen LogP contribution in [0.25, 0.3) is 17.1 Å². The zero-order valence-corrected chi connectivity index (χ0v) is 29.4. The fourth-order valence-corrected chi connectivity index (χ4v) is 6.71. The van der Waals surface area contributed by atoms with Crippen LogP contribution in [0.4, 0.5) is 17.1 Å². The first-order chi connectivity index (χ1) is 24.8. The standard InChI is InChI=1S/C38H28BrN7O4S/c1-2-23-7-14-28(15-8-23)45-34(24-17-19-40-20-18-24)43-44-38(45)51-22-33(47)41-27-12-9-25(10-13-27)35(48)42-31-5-3-4-6-32(31)46-36(49)29-16-11-26(39)21-30(29)37(46)50/h3-21H,2,22H2,1H3,(H,41,47)(H,42,48). The number of thioether (sulfide) groups is 1. The number of fused-ring (bicyclic) bond motifs is 1. The SMILES string of the molecule is CCc1ccc(-n2c(SCC(=O)Nc3ccc(C(=O)Nc4ccccc4N4C(=O)c5ccc(Br)cc5C4=O)cc3)nnc2-c2ccncc2)cc1. The van der Waals surface area contributed by atoms with Crippen molar-refractivity contribution in [2.75, 3.05) is 21.3 Å². The van der Waals surface area contributed by atoms with Crippen LogP contribution in [-0.4, -0.2) is 49.1 Å². The summed E-state index contributed by atoms with van der Waals surface area (Å²) in [5.41, 5.74) is 4.87.